The predicted octanol–water partition coefficient (Wildman–Crippen LogP) is 3.30. The molecule has 3 rings (SSSR count). The summed E-state index contributed by atoms with van der Waals surface area (Å²) in [5.41, 5.74) is 3.66. The zero-order chi connectivity index (χ0) is 18.9. The van der Waals surface area contributed by atoms with Crippen LogP contribution in [0.15, 0.2) is 54.6 Å². The molecule has 0 aromatic heterocycles. The molecular formula is C22H29N3O2. The fourth-order valence-electron chi connectivity index (χ4n) is 3.25. The third-order valence-corrected chi connectivity index (χ3v) is 4.84. The van der Waals surface area contributed by atoms with Gasteiger partial charge in [0.25, 0.3) is 0 Å². The van der Waals surface area contributed by atoms with Crippen molar-refractivity contribution in [2.75, 3.05) is 44.8 Å². The van der Waals surface area contributed by atoms with E-state index in [0.29, 0.717) is 13.1 Å². The molecule has 1 fully saturated rings. The SMILES string of the molecule is CN(Cc1ccc(N2CCOCC2)cc1)C(=O)NCCCc1ccccc1. The van der Waals surface area contributed by atoms with Crippen molar-refractivity contribution < 1.29 is 9.53 Å². The Kier molecular flexibility index (Phi) is 7.11. The van der Waals surface area contributed by atoms with Crippen molar-refractivity contribution in [1.29, 1.82) is 0 Å². The molecule has 27 heavy (non-hydrogen) atoms. The number of benzene rings is 2. The maximum absolute atomic E-state index is 12.3. The van der Waals surface area contributed by atoms with Gasteiger partial charge in [-0.25, -0.2) is 4.79 Å². The molecule has 1 saturated heterocycles. The minimum Gasteiger partial charge on any atom is -0.378 e. The highest BCUT2D eigenvalue weighted by atomic mass is 16.5. The Bertz CT molecular complexity index is 697. The third-order valence-electron chi connectivity index (χ3n) is 4.84. The van der Waals surface area contributed by atoms with E-state index < -0.39 is 0 Å². The number of aryl methyl sites for hydroxylation is 1. The lowest BCUT2D eigenvalue weighted by atomic mass is 10.1. The van der Waals surface area contributed by atoms with Gasteiger partial charge in [-0.15, -0.1) is 0 Å². The number of nitrogens with one attached hydrogen (secondary N) is 1. The molecule has 5 heteroatoms. The monoisotopic (exact) mass is 367 g/mol. The molecule has 5 nitrogen and oxygen atoms in total. The number of anilines is 1. The van der Waals surface area contributed by atoms with E-state index in [9.17, 15) is 4.79 Å². The second-order valence-corrected chi connectivity index (χ2v) is 6.94. The summed E-state index contributed by atoms with van der Waals surface area (Å²) < 4.78 is 5.40. The number of urea groups is 1. The van der Waals surface area contributed by atoms with E-state index >= 15 is 0 Å². The molecule has 2 aromatic rings. The summed E-state index contributed by atoms with van der Waals surface area (Å²) in [6.45, 7) is 4.74. The highest BCUT2D eigenvalue weighted by molar-refractivity contribution is 5.73. The number of rotatable bonds is 7. The van der Waals surface area contributed by atoms with Crippen LogP contribution < -0.4 is 10.2 Å². The quantitative estimate of drug-likeness (QED) is 0.764. The molecular weight excluding hydrogens is 338 g/mol. The molecule has 0 spiro atoms. The Hall–Kier alpha value is -2.53. The van der Waals surface area contributed by atoms with Crippen molar-refractivity contribution in [3.63, 3.8) is 0 Å². The van der Waals surface area contributed by atoms with E-state index in [1.807, 2.05) is 25.2 Å². The number of nitrogens with zero attached hydrogens (tertiary/aromatic N) is 2. The Morgan fingerprint density at radius 2 is 1.74 bits per heavy atom. The average molecular weight is 367 g/mol. The van der Waals surface area contributed by atoms with Crippen LogP contribution in [0.4, 0.5) is 10.5 Å². The van der Waals surface area contributed by atoms with Crippen LogP contribution in [0.1, 0.15) is 17.5 Å². The summed E-state index contributed by atoms with van der Waals surface area (Å²) in [6.07, 6.45) is 1.92. The summed E-state index contributed by atoms with van der Waals surface area (Å²) in [5, 5.41) is 3.00. The fourth-order valence-corrected chi connectivity index (χ4v) is 3.25. The lowest BCUT2D eigenvalue weighted by Crippen LogP contribution is -2.37. The molecule has 0 bridgehead atoms. The first kappa shape index (κ1) is 19.2. The molecule has 0 aliphatic carbocycles. The van der Waals surface area contributed by atoms with Gasteiger partial charge in [0, 0.05) is 38.9 Å². The Morgan fingerprint density at radius 3 is 2.44 bits per heavy atom. The summed E-state index contributed by atoms with van der Waals surface area (Å²) in [4.78, 5) is 16.3. The second-order valence-electron chi connectivity index (χ2n) is 6.94. The zero-order valence-corrected chi connectivity index (χ0v) is 16.1. The first-order valence-corrected chi connectivity index (χ1v) is 9.67. The molecule has 1 N–H and O–H groups in total. The number of carbonyl (C=O) groups is 1. The molecule has 1 aliphatic rings. The summed E-state index contributed by atoms with van der Waals surface area (Å²) in [7, 11) is 1.84. The molecule has 144 valence electrons. The van der Waals surface area contributed by atoms with Crippen LogP contribution in [0.5, 0.6) is 0 Å². The van der Waals surface area contributed by atoms with Crippen molar-refractivity contribution in [3.8, 4) is 0 Å². The van der Waals surface area contributed by atoms with Crippen LogP contribution in [0.3, 0.4) is 0 Å². The van der Waals surface area contributed by atoms with Gasteiger partial charge >= 0.3 is 6.03 Å². The number of hydrogen-bond acceptors (Lipinski definition) is 3. The van der Waals surface area contributed by atoms with E-state index in [1.165, 1.54) is 11.3 Å². The number of morpholine rings is 1. The number of ether oxygens (including phenoxy) is 1. The topological polar surface area (TPSA) is 44.8 Å². The largest absolute Gasteiger partial charge is 0.378 e. The van der Waals surface area contributed by atoms with Crippen LogP contribution >= 0.6 is 0 Å². The highest BCUT2D eigenvalue weighted by Crippen LogP contribution is 2.17. The lowest BCUT2D eigenvalue weighted by Gasteiger charge is -2.29. The van der Waals surface area contributed by atoms with E-state index in [1.54, 1.807) is 4.90 Å². The normalized spacial score (nSPS) is 14.0. The van der Waals surface area contributed by atoms with Gasteiger partial charge in [-0.2, -0.15) is 0 Å². The highest BCUT2D eigenvalue weighted by Gasteiger charge is 2.12. The molecule has 2 amide bonds. The van der Waals surface area contributed by atoms with Gasteiger partial charge in [0.2, 0.25) is 0 Å². The molecule has 1 heterocycles. The van der Waals surface area contributed by atoms with Crippen LogP contribution in [0.25, 0.3) is 0 Å². The van der Waals surface area contributed by atoms with E-state index in [0.717, 1.165) is 44.7 Å². The third kappa shape index (κ3) is 6.00. The maximum atomic E-state index is 12.3. The minimum atomic E-state index is -0.0275. The Morgan fingerprint density at radius 1 is 1.04 bits per heavy atom. The number of hydrogen-bond donors (Lipinski definition) is 1. The first-order valence-electron chi connectivity index (χ1n) is 9.67. The predicted molar refractivity (Wildman–Crippen MR) is 109 cm³/mol. The van der Waals surface area contributed by atoms with E-state index in [-0.39, 0.29) is 6.03 Å². The summed E-state index contributed by atoms with van der Waals surface area (Å²) in [6, 6.07) is 18.8. The number of amides is 2. The van der Waals surface area contributed by atoms with Gasteiger partial charge in [0.05, 0.1) is 13.2 Å². The van der Waals surface area contributed by atoms with Crippen molar-refractivity contribution in [3.05, 3.63) is 65.7 Å². The Balaban J connectivity index is 1.39. The van der Waals surface area contributed by atoms with Gasteiger partial charge < -0.3 is 19.9 Å². The van der Waals surface area contributed by atoms with Crippen LogP contribution in [-0.2, 0) is 17.7 Å². The summed E-state index contributed by atoms with van der Waals surface area (Å²) in [5.74, 6) is 0. The molecule has 0 unspecified atom stereocenters. The van der Waals surface area contributed by atoms with E-state index in [2.05, 4.69) is 46.6 Å². The maximum Gasteiger partial charge on any atom is 0.317 e. The fraction of sp³-hybridized carbons (Fsp3) is 0.409. The Labute approximate surface area is 161 Å². The van der Waals surface area contributed by atoms with E-state index in [4.69, 9.17) is 4.74 Å². The number of carbonyl (C=O) groups excluding carboxylic acids is 1. The van der Waals surface area contributed by atoms with Crippen LogP contribution in [0.2, 0.25) is 0 Å². The van der Waals surface area contributed by atoms with Crippen molar-refractivity contribution in [1.82, 2.24) is 10.2 Å². The first-order chi connectivity index (χ1) is 13.2. The minimum absolute atomic E-state index is 0.0275. The van der Waals surface area contributed by atoms with Gasteiger partial charge in [0.15, 0.2) is 0 Å². The van der Waals surface area contributed by atoms with Crippen molar-refractivity contribution >= 4 is 11.7 Å². The summed E-state index contributed by atoms with van der Waals surface area (Å²) >= 11 is 0. The average Bonchev–Trinajstić information content (AvgIpc) is 2.73. The van der Waals surface area contributed by atoms with Gasteiger partial charge in [-0.05, 0) is 36.1 Å². The lowest BCUT2D eigenvalue weighted by molar-refractivity contribution is 0.122. The molecule has 2 aromatic carbocycles. The molecule has 0 radical (unpaired) electrons. The van der Waals surface area contributed by atoms with Gasteiger partial charge in [0.1, 0.15) is 0 Å². The van der Waals surface area contributed by atoms with Gasteiger partial charge in [-0.3, -0.25) is 0 Å². The molecule has 0 atom stereocenters. The zero-order valence-electron chi connectivity index (χ0n) is 16.1. The van der Waals surface area contributed by atoms with Crippen LogP contribution in [0, 0.1) is 0 Å². The second kappa shape index (κ2) is 9.97. The standard InChI is InChI=1S/C22H29N3O2/c1-24(22(26)23-13-5-8-19-6-3-2-4-7-19)18-20-9-11-21(12-10-20)25-14-16-27-17-15-25/h2-4,6-7,9-12H,5,8,13-18H2,1H3,(H,23,26). The van der Waals surface area contributed by atoms with Crippen molar-refractivity contribution in [2.24, 2.45) is 0 Å². The van der Waals surface area contributed by atoms with Crippen molar-refractivity contribution in [2.45, 2.75) is 19.4 Å². The smallest absolute Gasteiger partial charge is 0.317 e. The molecule has 0 saturated carbocycles. The molecule has 1 aliphatic heterocycles. The van der Waals surface area contributed by atoms with Gasteiger partial charge in [-0.1, -0.05) is 42.5 Å². The van der Waals surface area contributed by atoms with Crippen LogP contribution in [-0.4, -0.2) is 50.8 Å².